The number of rotatable bonds is 7. The summed E-state index contributed by atoms with van der Waals surface area (Å²) in [4.78, 5) is 24.1. The molecular weight excluding hydrogens is 441 g/mol. The molecule has 1 aromatic carbocycles. The molecule has 0 spiro atoms. The molecule has 0 atom stereocenters. The summed E-state index contributed by atoms with van der Waals surface area (Å²) in [6.07, 6.45) is 0.214. The van der Waals surface area contributed by atoms with Gasteiger partial charge in [-0.05, 0) is 24.3 Å². The third-order valence-corrected chi connectivity index (χ3v) is 5.75. The van der Waals surface area contributed by atoms with Gasteiger partial charge in [0.2, 0.25) is 0 Å². The van der Waals surface area contributed by atoms with Gasteiger partial charge in [0.25, 0.3) is 5.56 Å². The largest absolute Gasteiger partial charge is 0.492 e. The van der Waals surface area contributed by atoms with Gasteiger partial charge in [0.05, 0.1) is 24.6 Å². The van der Waals surface area contributed by atoms with Crippen molar-refractivity contribution in [1.82, 2.24) is 19.7 Å². The molecule has 34 heavy (non-hydrogen) atoms. The van der Waals surface area contributed by atoms with E-state index in [-0.39, 0.29) is 17.4 Å². The number of H-pyrrole nitrogens is 1. The lowest BCUT2D eigenvalue weighted by atomic mass is 10.1. The topological polar surface area (TPSA) is 109 Å². The Hall–Kier alpha value is -4.12. The number of hydrogen-bond donors (Lipinski definition) is 3. The number of nitrogens with zero attached hydrogens (tertiary/aromatic N) is 4. The quantitative estimate of drug-likeness (QED) is 0.382. The molecule has 0 amide bonds. The minimum Gasteiger partial charge on any atom is -0.492 e. The van der Waals surface area contributed by atoms with Crippen LogP contribution in [0.15, 0.2) is 47.3 Å². The lowest BCUT2D eigenvalue weighted by Gasteiger charge is -2.39. The van der Waals surface area contributed by atoms with Gasteiger partial charge in [-0.25, -0.2) is 14.4 Å². The highest BCUT2D eigenvalue weighted by Gasteiger charge is 2.27. The minimum atomic E-state index is -0.513. The zero-order valence-electron chi connectivity index (χ0n) is 18.9. The van der Waals surface area contributed by atoms with Crippen LogP contribution >= 0.6 is 0 Å². The first-order valence-corrected chi connectivity index (χ1v) is 10.7. The Morgan fingerprint density at radius 3 is 2.62 bits per heavy atom. The van der Waals surface area contributed by atoms with E-state index in [9.17, 15) is 9.18 Å². The predicted molar refractivity (Wildman–Crippen MR) is 128 cm³/mol. The van der Waals surface area contributed by atoms with Crippen molar-refractivity contribution in [3.8, 4) is 5.75 Å². The Kier molecular flexibility index (Phi) is 5.54. The number of aromatic nitrogens is 4. The molecule has 0 saturated carbocycles. The summed E-state index contributed by atoms with van der Waals surface area (Å²) in [5, 5.41) is 9.61. The van der Waals surface area contributed by atoms with E-state index in [1.807, 2.05) is 18.2 Å². The number of benzene rings is 1. The van der Waals surface area contributed by atoms with Crippen molar-refractivity contribution < 1.29 is 13.9 Å². The minimum absolute atomic E-state index is 0.0487. The molecule has 1 aliphatic rings. The second-order valence-corrected chi connectivity index (χ2v) is 7.97. The predicted octanol–water partition coefficient (Wildman–Crippen LogP) is 3.13. The molecule has 4 heterocycles. The van der Waals surface area contributed by atoms with Crippen molar-refractivity contribution in [2.45, 2.75) is 6.10 Å². The van der Waals surface area contributed by atoms with Gasteiger partial charge in [-0.1, -0.05) is 12.1 Å². The molecule has 5 rings (SSSR count). The third kappa shape index (κ3) is 3.90. The number of aryl methyl sites for hydroxylation is 1. The molecule has 11 heteroatoms. The van der Waals surface area contributed by atoms with E-state index >= 15 is 0 Å². The molecule has 176 valence electrons. The van der Waals surface area contributed by atoms with Crippen LogP contribution < -0.4 is 25.8 Å². The number of halogens is 1. The van der Waals surface area contributed by atoms with E-state index in [2.05, 4.69) is 30.6 Å². The Morgan fingerprint density at radius 2 is 1.85 bits per heavy atom. The fourth-order valence-electron chi connectivity index (χ4n) is 3.92. The molecule has 0 bridgehead atoms. The SMILES string of the molecule is COc1c(F)cccc1Nc1cc(Nc2cccc(N3CC(OC)C3)n2)nc2[nH]n(C)c(=O)c12. The fraction of sp³-hybridized carbons (Fsp3) is 0.261. The second kappa shape index (κ2) is 8.67. The maximum absolute atomic E-state index is 14.2. The summed E-state index contributed by atoms with van der Waals surface area (Å²) < 4.78 is 26.1. The molecule has 3 aromatic heterocycles. The normalized spacial score (nSPS) is 13.7. The first kappa shape index (κ1) is 21.7. The van der Waals surface area contributed by atoms with Gasteiger partial charge < -0.3 is 25.0 Å². The number of aromatic amines is 1. The summed E-state index contributed by atoms with van der Waals surface area (Å²) in [6.45, 7) is 1.57. The summed E-state index contributed by atoms with van der Waals surface area (Å²) >= 11 is 0. The maximum atomic E-state index is 14.2. The Morgan fingerprint density at radius 1 is 1.06 bits per heavy atom. The van der Waals surface area contributed by atoms with Crippen LogP contribution in [-0.2, 0) is 11.8 Å². The lowest BCUT2D eigenvalue weighted by Crippen LogP contribution is -2.52. The summed E-state index contributed by atoms with van der Waals surface area (Å²) in [7, 11) is 4.70. The van der Waals surface area contributed by atoms with Crippen LogP contribution in [0, 0.1) is 5.82 Å². The molecule has 0 radical (unpaired) electrons. The molecular formula is C23H24FN7O3. The highest BCUT2D eigenvalue weighted by Crippen LogP contribution is 2.33. The number of fused-ring (bicyclic) bond motifs is 1. The van der Waals surface area contributed by atoms with Crippen LogP contribution in [0.1, 0.15) is 0 Å². The number of ether oxygens (including phenoxy) is 2. The Labute approximate surface area is 194 Å². The van der Waals surface area contributed by atoms with Crippen LogP contribution in [-0.4, -0.2) is 53.2 Å². The average Bonchev–Trinajstić information content (AvgIpc) is 3.07. The van der Waals surface area contributed by atoms with Gasteiger partial charge in [-0.2, -0.15) is 0 Å². The van der Waals surface area contributed by atoms with E-state index in [4.69, 9.17) is 9.47 Å². The highest BCUT2D eigenvalue weighted by atomic mass is 19.1. The third-order valence-electron chi connectivity index (χ3n) is 5.75. The van der Waals surface area contributed by atoms with Crippen LogP contribution in [0.4, 0.5) is 33.2 Å². The van der Waals surface area contributed by atoms with E-state index in [0.717, 1.165) is 18.9 Å². The van der Waals surface area contributed by atoms with Crippen molar-refractivity contribution in [2.75, 3.05) is 42.8 Å². The molecule has 1 aliphatic heterocycles. The van der Waals surface area contributed by atoms with E-state index in [0.29, 0.717) is 34.0 Å². The molecule has 0 aliphatic carbocycles. The molecule has 4 aromatic rings. The standard InChI is InChI=1S/C23H24FN7O3/c1-30-23(32)20-16(25-15-7-4-6-14(24)21(15)34-3)10-18(28-22(20)29-30)26-17-8-5-9-19(27-17)31-11-13(12-31)33-2/h4-10,13H,11-12H2,1-3H3,(H3,25,26,27,28,29). The summed E-state index contributed by atoms with van der Waals surface area (Å²) in [5.41, 5.74) is 0.935. The summed E-state index contributed by atoms with van der Waals surface area (Å²) in [6, 6.07) is 11.9. The van der Waals surface area contributed by atoms with E-state index in [1.165, 1.54) is 17.9 Å². The van der Waals surface area contributed by atoms with E-state index in [1.54, 1.807) is 32.4 Å². The smallest absolute Gasteiger partial charge is 0.277 e. The van der Waals surface area contributed by atoms with Crippen molar-refractivity contribution in [3.05, 3.63) is 58.6 Å². The number of pyridine rings is 2. The van der Waals surface area contributed by atoms with Crippen molar-refractivity contribution in [2.24, 2.45) is 7.05 Å². The van der Waals surface area contributed by atoms with Crippen LogP contribution in [0.3, 0.4) is 0 Å². The van der Waals surface area contributed by atoms with Gasteiger partial charge >= 0.3 is 0 Å². The molecule has 1 fully saturated rings. The number of hydrogen-bond acceptors (Lipinski definition) is 8. The first-order chi connectivity index (χ1) is 16.5. The van der Waals surface area contributed by atoms with Gasteiger partial charge in [0, 0.05) is 33.3 Å². The maximum Gasteiger partial charge on any atom is 0.277 e. The van der Waals surface area contributed by atoms with Crippen LogP contribution in [0.2, 0.25) is 0 Å². The molecule has 0 unspecified atom stereocenters. The zero-order valence-corrected chi connectivity index (χ0v) is 18.9. The summed E-state index contributed by atoms with van der Waals surface area (Å²) in [5.74, 6) is 1.41. The van der Waals surface area contributed by atoms with Gasteiger partial charge in [0.1, 0.15) is 22.8 Å². The zero-order chi connectivity index (χ0) is 23.8. The molecule has 3 N–H and O–H groups in total. The lowest BCUT2D eigenvalue weighted by molar-refractivity contribution is 0.0783. The van der Waals surface area contributed by atoms with Gasteiger partial charge in [-0.15, -0.1) is 0 Å². The monoisotopic (exact) mass is 465 g/mol. The van der Waals surface area contributed by atoms with Crippen molar-refractivity contribution in [1.29, 1.82) is 0 Å². The van der Waals surface area contributed by atoms with Crippen molar-refractivity contribution >= 4 is 39.9 Å². The second-order valence-electron chi connectivity index (χ2n) is 7.97. The number of nitrogens with one attached hydrogen (secondary N) is 3. The average molecular weight is 465 g/mol. The molecule has 1 saturated heterocycles. The van der Waals surface area contributed by atoms with E-state index < -0.39 is 5.82 Å². The fourth-order valence-corrected chi connectivity index (χ4v) is 3.92. The highest BCUT2D eigenvalue weighted by molar-refractivity contribution is 5.93. The Bertz CT molecular complexity index is 1410. The van der Waals surface area contributed by atoms with Crippen molar-refractivity contribution in [3.63, 3.8) is 0 Å². The Balaban J connectivity index is 1.50. The van der Waals surface area contributed by atoms with Crippen LogP contribution in [0.25, 0.3) is 11.0 Å². The van der Waals surface area contributed by atoms with Gasteiger partial charge in [-0.3, -0.25) is 14.6 Å². The number of methoxy groups -OCH3 is 2. The van der Waals surface area contributed by atoms with Crippen LogP contribution in [0.5, 0.6) is 5.75 Å². The van der Waals surface area contributed by atoms with Gasteiger partial charge in [0.15, 0.2) is 17.2 Å². The first-order valence-electron chi connectivity index (χ1n) is 10.7. The number of para-hydroxylation sites is 1. The molecule has 10 nitrogen and oxygen atoms in total. The number of anilines is 5.